The number of ether oxygens (including phenoxy) is 1. The van der Waals surface area contributed by atoms with Crippen molar-refractivity contribution in [2.24, 2.45) is 11.8 Å². The first-order chi connectivity index (χ1) is 9.72. The van der Waals surface area contributed by atoms with Gasteiger partial charge in [0, 0.05) is 11.5 Å². The van der Waals surface area contributed by atoms with Crippen LogP contribution in [-0.4, -0.2) is 23.2 Å². The van der Waals surface area contributed by atoms with Crippen molar-refractivity contribution in [2.45, 2.75) is 58.8 Å². The maximum atomic E-state index is 12.6. The predicted molar refractivity (Wildman–Crippen MR) is 85.3 cm³/mol. The zero-order chi connectivity index (χ0) is 15.8. The van der Waals surface area contributed by atoms with Crippen LogP contribution in [0.5, 0.6) is 0 Å². The number of nitrogens with one attached hydrogen (secondary N) is 1. The van der Waals surface area contributed by atoms with Crippen LogP contribution in [0, 0.1) is 11.8 Å². The van der Waals surface area contributed by atoms with E-state index in [1.165, 1.54) is 0 Å². The molecular formula is C18H27NO2. The number of carbonyl (C=O) groups is 1. The van der Waals surface area contributed by atoms with Gasteiger partial charge in [0.15, 0.2) is 0 Å². The number of hydrogen-bond donors (Lipinski definition) is 1. The van der Waals surface area contributed by atoms with Crippen molar-refractivity contribution in [1.82, 2.24) is 5.32 Å². The molecule has 4 atom stereocenters. The van der Waals surface area contributed by atoms with Crippen molar-refractivity contribution in [3.05, 3.63) is 35.9 Å². The maximum Gasteiger partial charge on any atom is 0.251 e. The quantitative estimate of drug-likeness (QED) is 0.922. The van der Waals surface area contributed by atoms with Gasteiger partial charge in [-0.05, 0) is 38.8 Å². The SMILES string of the molecule is CC1O[C@](C)(C(C)C)[C@@](C)(NC(=O)c2ccccc2)C1C. The monoisotopic (exact) mass is 289 g/mol. The summed E-state index contributed by atoms with van der Waals surface area (Å²) in [5.74, 6) is 0.526. The molecule has 3 heteroatoms. The molecule has 0 radical (unpaired) electrons. The van der Waals surface area contributed by atoms with Crippen LogP contribution in [-0.2, 0) is 4.74 Å². The molecule has 0 aliphatic carbocycles. The molecule has 0 spiro atoms. The highest BCUT2D eigenvalue weighted by atomic mass is 16.5. The standard InChI is InChI=1S/C18H27NO2/c1-12(2)18(6)17(5,13(3)14(4)21-18)19-16(20)15-10-8-7-9-11-15/h7-14H,1-6H3,(H,19,20)/t13?,14?,17-,18+/m0/s1. The average molecular weight is 289 g/mol. The van der Waals surface area contributed by atoms with E-state index >= 15 is 0 Å². The van der Waals surface area contributed by atoms with Crippen molar-refractivity contribution in [3.8, 4) is 0 Å². The van der Waals surface area contributed by atoms with Gasteiger partial charge in [0.2, 0.25) is 0 Å². The molecule has 1 N–H and O–H groups in total. The Bertz CT molecular complexity index is 513. The van der Waals surface area contributed by atoms with Crippen LogP contribution in [0.25, 0.3) is 0 Å². The molecule has 1 aliphatic rings. The minimum absolute atomic E-state index is 0.0328. The number of carbonyl (C=O) groups excluding carboxylic acids is 1. The van der Waals surface area contributed by atoms with Gasteiger partial charge in [-0.15, -0.1) is 0 Å². The van der Waals surface area contributed by atoms with E-state index < -0.39 is 5.54 Å². The Morgan fingerprint density at radius 3 is 2.29 bits per heavy atom. The first-order valence-electron chi connectivity index (χ1n) is 7.77. The highest BCUT2D eigenvalue weighted by molar-refractivity contribution is 5.94. The van der Waals surface area contributed by atoms with E-state index in [1.54, 1.807) is 0 Å². The summed E-state index contributed by atoms with van der Waals surface area (Å²) in [7, 11) is 0. The summed E-state index contributed by atoms with van der Waals surface area (Å²) in [6, 6.07) is 9.37. The van der Waals surface area contributed by atoms with Crippen molar-refractivity contribution < 1.29 is 9.53 Å². The fourth-order valence-electron chi connectivity index (χ4n) is 3.40. The fraction of sp³-hybridized carbons (Fsp3) is 0.611. The molecule has 1 aromatic rings. The molecule has 1 amide bonds. The molecule has 3 nitrogen and oxygen atoms in total. The Morgan fingerprint density at radius 1 is 1.19 bits per heavy atom. The molecule has 1 heterocycles. The van der Waals surface area contributed by atoms with Gasteiger partial charge in [0.1, 0.15) is 0 Å². The lowest BCUT2D eigenvalue weighted by molar-refractivity contribution is -0.0802. The molecule has 0 saturated carbocycles. The first-order valence-corrected chi connectivity index (χ1v) is 7.77. The second-order valence-electron chi connectivity index (χ2n) is 6.90. The second kappa shape index (κ2) is 5.45. The van der Waals surface area contributed by atoms with Gasteiger partial charge in [-0.2, -0.15) is 0 Å². The summed E-state index contributed by atoms with van der Waals surface area (Å²) in [6.45, 7) is 12.8. The minimum Gasteiger partial charge on any atom is -0.369 e. The van der Waals surface area contributed by atoms with Gasteiger partial charge >= 0.3 is 0 Å². The number of benzene rings is 1. The Kier molecular flexibility index (Phi) is 4.16. The Balaban J connectivity index is 2.32. The normalized spacial score (nSPS) is 36.0. The number of amides is 1. The molecule has 0 aromatic heterocycles. The fourth-order valence-corrected chi connectivity index (χ4v) is 3.40. The molecule has 2 rings (SSSR count). The number of hydrogen-bond acceptors (Lipinski definition) is 2. The molecule has 0 bridgehead atoms. The summed E-state index contributed by atoms with van der Waals surface area (Å²) < 4.78 is 6.26. The van der Waals surface area contributed by atoms with E-state index in [0.29, 0.717) is 11.5 Å². The third kappa shape index (κ3) is 2.48. The van der Waals surface area contributed by atoms with Gasteiger partial charge in [0.25, 0.3) is 5.91 Å². The lowest BCUT2D eigenvalue weighted by Gasteiger charge is -2.45. The third-order valence-corrected chi connectivity index (χ3v) is 5.59. The molecule has 1 aromatic carbocycles. The van der Waals surface area contributed by atoms with Gasteiger partial charge in [0.05, 0.1) is 17.2 Å². The highest BCUT2D eigenvalue weighted by Crippen LogP contribution is 2.47. The van der Waals surface area contributed by atoms with Gasteiger partial charge in [-0.1, -0.05) is 39.0 Å². The Labute approximate surface area is 128 Å². The van der Waals surface area contributed by atoms with Crippen LogP contribution in [0.15, 0.2) is 30.3 Å². The topological polar surface area (TPSA) is 38.3 Å². The maximum absolute atomic E-state index is 12.6. The molecule has 2 unspecified atom stereocenters. The van der Waals surface area contributed by atoms with Crippen molar-refractivity contribution in [3.63, 3.8) is 0 Å². The van der Waals surface area contributed by atoms with Crippen molar-refractivity contribution >= 4 is 5.91 Å². The average Bonchev–Trinajstić information content (AvgIpc) is 2.62. The lowest BCUT2D eigenvalue weighted by atomic mass is 9.70. The Hall–Kier alpha value is -1.35. The first kappa shape index (κ1) is 16.0. The predicted octanol–water partition coefficient (Wildman–Crippen LogP) is 3.64. The van der Waals surface area contributed by atoms with E-state index in [2.05, 4.69) is 46.9 Å². The van der Waals surface area contributed by atoms with Crippen LogP contribution >= 0.6 is 0 Å². The molecular weight excluding hydrogens is 262 g/mol. The summed E-state index contributed by atoms with van der Waals surface area (Å²) in [6.07, 6.45) is 0.124. The highest BCUT2D eigenvalue weighted by Gasteiger charge is 2.59. The van der Waals surface area contributed by atoms with E-state index in [0.717, 1.165) is 0 Å². The minimum atomic E-state index is -0.395. The van der Waals surface area contributed by atoms with Crippen LogP contribution in [0.1, 0.15) is 51.9 Å². The van der Waals surface area contributed by atoms with Crippen LogP contribution in [0.4, 0.5) is 0 Å². The van der Waals surface area contributed by atoms with Crippen LogP contribution < -0.4 is 5.32 Å². The van der Waals surface area contributed by atoms with Crippen molar-refractivity contribution in [2.75, 3.05) is 0 Å². The van der Waals surface area contributed by atoms with E-state index in [9.17, 15) is 4.79 Å². The smallest absolute Gasteiger partial charge is 0.251 e. The van der Waals surface area contributed by atoms with Gasteiger partial charge in [-0.3, -0.25) is 4.79 Å². The molecule has 116 valence electrons. The van der Waals surface area contributed by atoms with Crippen LogP contribution in [0.3, 0.4) is 0 Å². The Morgan fingerprint density at radius 2 is 1.76 bits per heavy atom. The second-order valence-corrected chi connectivity index (χ2v) is 6.90. The van der Waals surface area contributed by atoms with E-state index in [4.69, 9.17) is 4.74 Å². The molecule has 1 saturated heterocycles. The summed E-state index contributed by atoms with van der Waals surface area (Å²) >= 11 is 0. The zero-order valence-electron chi connectivity index (χ0n) is 13.9. The molecule has 21 heavy (non-hydrogen) atoms. The van der Waals surface area contributed by atoms with Gasteiger partial charge in [-0.25, -0.2) is 0 Å². The molecule has 1 aliphatic heterocycles. The molecule has 1 fully saturated rings. The summed E-state index contributed by atoms with van der Waals surface area (Å²) in [5.41, 5.74) is -0.0827. The third-order valence-electron chi connectivity index (χ3n) is 5.59. The largest absolute Gasteiger partial charge is 0.369 e. The summed E-state index contributed by atoms with van der Waals surface area (Å²) in [4.78, 5) is 12.6. The number of rotatable bonds is 3. The van der Waals surface area contributed by atoms with Crippen molar-refractivity contribution in [1.29, 1.82) is 0 Å². The lowest BCUT2D eigenvalue weighted by Crippen LogP contribution is -2.63. The zero-order valence-corrected chi connectivity index (χ0v) is 13.9. The van der Waals surface area contributed by atoms with Gasteiger partial charge < -0.3 is 10.1 Å². The summed E-state index contributed by atoms with van der Waals surface area (Å²) in [5, 5.41) is 3.26. The van der Waals surface area contributed by atoms with Crippen LogP contribution in [0.2, 0.25) is 0 Å². The van der Waals surface area contributed by atoms with E-state index in [1.807, 2.05) is 30.3 Å². The van der Waals surface area contributed by atoms with E-state index in [-0.39, 0.29) is 23.5 Å².